The fourth-order valence-corrected chi connectivity index (χ4v) is 3.00. The Kier molecular flexibility index (Phi) is 5.22. The molecular formula is C16H9F3N2O2S. The zero-order valence-electron chi connectivity index (χ0n) is 12.2. The predicted octanol–water partition coefficient (Wildman–Crippen LogP) is 4.72. The smallest absolute Gasteiger partial charge is 0.268 e. The van der Waals surface area contributed by atoms with Gasteiger partial charge >= 0.3 is 0 Å². The number of hydrogen-bond acceptors (Lipinski definition) is 3. The molecule has 0 bridgehead atoms. The minimum Gasteiger partial charge on any atom is -0.458 e. The van der Waals surface area contributed by atoms with Crippen molar-refractivity contribution in [1.29, 1.82) is 5.26 Å². The lowest BCUT2D eigenvalue weighted by atomic mass is 10.1. The Morgan fingerprint density at radius 1 is 1.33 bits per heavy atom. The summed E-state index contributed by atoms with van der Waals surface area (Å²) in [4.78, 5) is 2.73. The molecule has 0 heterocycles. The van der Waals surface area contributed by atoms with Crippen LogP contribution in [0.3, 0.4) is 0 Å². The van der Waals surface area contributed by atoms with Crippen LogP contribution in [0.1, 0.15) is 17.6 Å². The minimum absolute atomic E-state index is 0.0588. The monoisotopic (exact) mass is 350 g/mol. The SMILES string of the molecule is [C-]#[N+]c1cc(F)cc(Oc2ccc(C#N)c(S(C)=O)c2C(F)F)c1. The molecule has 0 saturated carbocycles. The summed E-state index contributed by atoms with van der Waals surface area (Å²) in [5, 5.41) is 9.01. The lowest BCUT2D eigenvalue weighted by Gasteiger charge is -2.15. The van der Waals surface area contributed by atoms with Crippen molar-refractivity contribution < 1.29 is 22.1 Å². The molecule has 2 rings (SSSR count). The minimum atomic E-state index is -3.05. The van der Waals surface area contributed by atoms with E-state index in [-0.39, 0.29) is 27.6 Å². The molecule has 0 N–H and O–H groups in total. The lowest BCUT2D eigenvalue weighted by Crippen LogP contribution is -2.03. The van der Waals surface area contributed by atoms with E-state index in [1.807, 2.05) is 0 Å². The molecule has 2 aromatic rings. The van der Waals surface area contributed by atoms with Crippen molar-refractivity contribution in [3.8, 4) is 17.6 Å². The number of rotatable bonds is 4. The van der Waals surface area contributed by atoms with Crippen LogP contribution < -0.4 is 4.74 Å². The number of hydrogen-bond donors (Lipinski definition) is 0. The van der Waals surface area contributed by atoms with Gasteiger partial charge in [0.15, 0.2) is 5.69 Å². The maximum atomic E-state index is 13.4. The highest BCUT2D eigenvalue weighted by molar-refractivity contribution is 7.84. The van der Waals surface area contributed by atoms with Crippen LogP contribution in [0.2, 0.25) is 0 Å². The van der Waals surface area contributed by atoms with Gasteiger partial charge < -0.3 is 4.74 Å². The average molecular weight is 350 g/mol. The molecule has 1 unspecified atom stereocenters. The van der Waals surface area contributed by atoms with Crippen molar-refractivity contribution in [2.45, 2.75) is 11.3 Å². The summed E-state index contributed by atoms with van der Waals surface area (Å²) < 4.78 is 57.4. The van der Waals surface area contributed by atoms with E-state index in [0.29, 0.717) is 0 Å². The van der Waals surface area contributed by atoms with Crippen molar-refractivity contribution in [2.75, 3.05) is 6.26 Å². The lowest BCUT2D eigenvalue weighted by molar-refractivity contribution is 0.144. The van der Waals surface area contributed by atoms with Crippen molar-refractivity contribution >= 4 is 16.5 Å². The summed E-state index contributed by atoms with van der Waals surface area (Å²) in [7, 11) is -1.86. The Hall–Kier alpha value is -2.84. The molecule has 122 valence electrons. The molecule has 0 aliphatic rings. The Morgan fingerprint density at radius 3 is 2.58 bits per heavy atom. The molecule has 0 radical (unpaired) electrons. The third-order valence-electron chi connectivity index (χ3n) is 3.00. The van der Waals surface area contributed by atoms with Crippen LogP contribution in [-0.2, 0) is 10.8 Å². The van der Waals surface area contributed by atoms with Gasteiger partial charge in [-0.3, -0.25) is 4.21 Å². The first kappa shape index (κ1) is 17.5. The van der Waals surface area contributed by atoms with E-state index >= 15 is 0 Å². The van der Waals surface area contributed by atoms with Gasteiger partial charge in [0.1, 0.15) is 23.4 Å². The molecule has 0 fully saturated rings. The summed E-state index contributed by atoms with van der Waals surface area (Å²) in [6.45, 7) is 6.88. The number of nitrogens with zero attached hydrogens (tertiary/aromatic N) is 2. The Morgan fingerprint density at radius 2 is 2.04 bits per heavy atom. The highest BCUT2D eigenvalue weighted by Crippen LogP contribution is 2.38. The molecule has 0 aromatic heterocycles. The van der Waals surface area contributed by atoms with Crippen LogP contribution in [0.5, 0.6) is 11.5 Å². The van der Waals surface area contributed by atoms with E-state index in [1.54, 1.807) is 6.07 Å². The molecule has 0 aliphatic carbocycles. The van der Waals surface area contributed by atoms with E-state index in [1.165, 1.54) is 18.4 Å². The third kappa shape index (κ3) is 3.55. The first-order valence-corrected chi connectivity index (χ1v) is 7.97. The number of alkyl halides is 2. The van der Waals surface area contributed by atoms with E-state index in [4.69, 9.17) is 16.6 Å². The normalized spacial score (nSPS) is 11.6. The van der Waals surface area contributed by atoms with Gasteiger partial charge in [-0.15, -0.1) is 0 Å². The van der Waals surface area contributed by atoms with Crippen molar-refractivity contribution in [3.63, 3.8) is 0 Å². The molecule has 0 aliphatic heterocycles. The molecule has 0 spiro atoms. The van der Waals surface area contributed by atoms with Crippen molar-refractivity contribution in [2.24, 2.45) is 0 Å². The van der Waals surface area contributed by atoms with Crippen LogP contribution in [-0.4, -0.2) is 10.5 Å². The second-order valence-corrected chi connectivity index (χ2v) is 5.90. The second kappa shape index (κ2) is 7.16. The van der Waals surface area contributed by atoms with Gasteiger partial charge in [-0.1, -0.05) is 0 Å². The largest absolute Gasteiger partial charge is 0.458 e. The third-order valence-corrected chi connectivity index (χ3v) is 4.01. The summed E-state index contributed by atoms with van der Waals surface area (Å²) >= 11 is 0. The topological polar surface area (TPSA) is 54.4 Å². The van der Waals surface area contributed by atoms with Crippen LogP contribution in [0.15, 0.2) is 35.2 Å². The zero-order chi connectivity index (χ0) is 17.9. The van der Waals surface area contributed by atoms with E-state index in [9.17, 15) is 17.4 Å². The van der Waals surface area contributed by atoms with Gasteiger partial charge in [-0.25, -0.2) is 18.0 Å². The van der Waals surface area contributed by atoms with Crippen LogP contribution in [0, 0.1) is 23.7 Å². The van der Waals surface area contributed by atoms with Crippen molar-refractivity contribution in [1.82, 2.24) is 0 Å². The molecule has 8 heteroatoms. The summed E-state index contributed by atoms with van der Waals surface area (Å²) in [6, 6.07) is 7.13. The molecule has 0 saturated heterocycles. The van der Waals surface area contributed by atoms with Crippen LogP contribution in [0.4, 0.5) is 18.9 Å². The average Bonchev–Trinajstić information content (AvgIpc) is 2.53. The summed E-state index contributed by atoms with van der Waals surface area (Å²) in [6.07, 6.45) is -1.88. The highest BCUT2D eigenvalue weighted by atomic mass is 32.2. The van der Waals surface area contributed by atoms with Gasteiger partial charge in [0, 0.05) is 12.3 Å². The highest BCUT2D eigenvalue weighted by Gasteiger charge is 2.25. The van der Waals surface area contributed by atoms with Crippen molar-refractivity contribution in [3.05, 3.63) is 58.7 Å². The quantitative estimate of drug-likeness (QED) is 0.750. The summed E-state index contributed by atoms with van der Waals surface area (Å²) in [5.74, 6) is -1.26. The van der Waals surface area contributed by atoms with Gasteiger partial charge in [0.2, 0.25) is 0 Å². The van der Waals surface area contributed by atoms with Crippen LogP contribution >= 0.6 is 0 Å². The molecular weight excluding hydrogens is 341 g/mol. The van der Waals surface area contributed by atoms with Gasteiger partial charge in [-0.05, 0) is 24.3 Å². The molecule has 24 heavy (non-hydrogen) atoms. The van der Waals surface area contributed by atoms with E-state index < -0.39 is 28.6 Å². The zero-order valence-corrected chi connectivity index (χ0v) is 13.0. The van der Waals surface area contributed by atoms with E-state index in [2.05, 4.69) is 4.85 Å². The Bertz CT molecular complexity index is 901. The number of ether oxygens (including phenoxy) is 1. The van der Waals surface area contributed by atoms with Crippen LogP contribution in [0.25, 0.3) is 4.85 Å². The first-order chi connectivity index (χ1) is 11.4. The van der Waals surface area contributed by atoms with Gasteiger partial charge in [0.05, 0.1) is 33.4 Å². The summed E-state index contributed by atoms with van der Waals surface area (Å²) in [5.41, 5.74) is -0.903. The predicted molar refractivity (Wildman–Crippen MR) is 81.2 cm³/mol. The number of halogens is 3. The first-order valence-electron chi connectivity index (χ1n) is 6.41. The Labute approximate surface area is 138 Å². The molecule has 4 nitrogen and oxygen atoms in total. The second-order valence-electron chi connectivity index (χ2n) is 4.58. The van der Waals surface area contributed by atoms with E-state index in [0.717, 1.165) is 18.2 Å². The molecule has 0 amide bonds. The molecule has 2 aromatic carbocycles. The molecule has 1 atom stereocenters. The van der Waals surface area contributed by atoms with Gasteiger partial charge in [-0.2, -0.15) is 5.26 Å². The maximum absolute atomic E-state index is 13.4. The Balaban J connectivity index is 2.62. The number of benzene rings is 2. The fraction of sp³-hybridized carbons (Fsp3) is 0.125. The van der Waals surface area contributed by atoms with Gasteiger partial charge in [0.25, 0.3) is 6.43 Å². The number of nitriles is 1. The maximum Gasteiger partial charge on any atom is 0.268 e. The fourth-order valence-electron chi connectivity index (χ4n) is 2.07. The standard InChI is InChI=1S/C16H9F3N2O2S/c1-21-11-5-10(17)6-12(7-11)23-13-4-3-9(8-20)15(24(2)22)14(13)16(18)19/h3-7,16H,2H3.